The Hall–Kier alpha value is -3.70. The predicted molar refractivity (Wildman–Crippen MR) is 150 cm³/mol. The van der Waals surface area contributed by atoms with Gasteiger partial charge in [0, 0.05) is 35.5 Å². The highest BCUT2D eigenvalue weighted by molar-refractivity contribution is 7.10. The van der Waals surface area contributed by atoms with Crippen molar-refractivity contribution in [2.24, 2.45) is 5.92 Å². The minimum atomic E-state index is -0.707. The number of amides is 1. The van der Waals surface area contributed by atoms with Gasteiger partial charge in [-0.15, -0.1) is 11.3 Å². The fraction of sp³-hybridized carbons (Fsp3) is 0.419. The van der Waals surface area contributed by atoms with Crippen LogP contribution in [0.3, 0.4) is 0 Å². The highest BCUT2D eigenvalue weighted by Gasteiger charge is 2.28. The van der Waals surface area contributed by atoms with Gasteiger partial charge in [-0.25, -0.2) is 4.98 Å². The van der Waals surface area contributed by atoms with Gasteiger partial charge in [0.1, 0.15) is 12.4 Å². The van der Waals surface area contributed by atoms with Crippen LogP contribution in [0.5, 0.6) is 5.75 Å². The van der Waals surface area contributed by atoms with Gasteiger partial charge in [0.05, 0.1) is 28.3 Å². The normalized spacial score (nSPS) is 19.3. The van der Waals surface area contributed by atoms with E-state index in [9.17, 15) is 20.0 Å². The summed E-state index contributed by atoms with van der Waals surface area (Å²) in [4.78, 5) is 31.1. The van der Waals surface area contributed by atoms with Crippen molar-refractivity contribution in [3.05, 3.63) is 69.0 Å². The molecule has 202 valence electrons. The summed E-state index contributed by atoms with van der Waals surface area (Å²) in [7, 11) is 0. The lowest BCUT2D eigenvalue weighted by Gasteiger charge is -2.27. The Bertz CT molecular complexity index is 1400. The number of piperidine rings is 1. The van der Waals surface area contributed by atoms with Crippen LogP contribution in [0.25, 0.3) is 11.3 Å². The number of aryl methyl sites for hydroxylation is 1. The molecule has 2 aromatic carbocycles. The molecule has 1 amide bonds. The minimum Gasteiger partial charge on any atom is -0.488 e. The number of carbonyl (C=O) groups excluding carboxylic acids is 1. The molecule has 5 rings (SSSR count). The Balaban J connectivity index is 1.30. The lowest BCUT2D eigenvalue weighted by molar-refractivity contribution is -0.142. The summed E-state index contributed by atoms with van der Waals surface area (Å²) < 4.78 is 6.26. The summed E-state index contributed by atoms with van der Waals surface area (Å²) in [6.45, 7) is 3.98. The van der Waals surface area contributed by atoms with Crippen LogP contribution >= 0.6 is 11.3 Å². The third kappa shape index (κ3) is 6.15. The molecule has 1 aliphatic heterocycles. The summed E-state index contributed by atoms with van der Waals surface area (Å²) in [6, 6.07) is 13.4. The molecule has 0 atom stereocenters. The number of nitriles is 1. The van der Waals surface area contributed by atoms with Gasteiger partial charge in [0.25, 0.3) is 5.91 Å². The molecule has 1 aliphatic carbocycles. The highest BCUT2D eigenvalue weighted by Crippen LogP contribution is 2.40. The zero-order valence-corrected chi connectivity index (χ0v) is 23.0. The number of benzene rings is 2. The molecular weight excluding hydrogens is 510 g/mol. The number of aliphatic carboxylic acids is 1. The standard InChI is InChI=1S/C31H33N3O4S/c1-20-15-24(30(35)34-13-3-2-4-14-34)10-11-25(20)18-38-28-12-5-21(17-32)16-26(28)27-19-39-29(33-27)22-6-8-23(9-7-22)31(36)37/h5,10-12,15-16,19,22-23H,2-4,6-9,13-14,18H2,1H3,(H,36,37)/t22-,23-. The molecule has 0 unspecified atom stereocenters. The molecule has 1 saturated carbocycles. The molecular formula is C31H33N3O4S. The van der Waals surface area contributed by atoms with Crippen LogP contribution in [0.4, 0.5) is 0 Å². The molecule has 1 N–H and O–H groups in total. The largest absolute Gasteiger partial charge is 0.488 e. The molecule has 7 nitrogen and oxygen atoms in total. The fourth-order valence-corrected chi connectivity index (χ4v) is 6.53. The SMILES string of the molecule is Cc1cc(C(=O)N2CCCCC2)ccc1COc1ccc(C#N)cc1-c1csc([C@H]2CC[C@H](C(=O)O)CC2)n1. The number of likely N-dealkylation sites (tertiary alicyclic amines) is 1. The Morgan fingerprint density at radius 1 is 1.10 bits per heavy atom. The van der Waals surface area contributed by atoms with Crippen molar-refractivity contribution in [2.75, 3.05) is 13.1 Å². The third-order valence-corrected chi connectivity index (χ3v) is 8.96. The van der Waals surface area contributed by atoms with Crippen LogP contribution in [0.15, 0.2) is 41.8 Å². The maximum atomic E-state index is 12.9. The first kappa shape index (κ1) is 26.9. The van der Waals surface area contributed by atoms with Crippen LogP contribution < -0.4 is 4.74 Å². The van der Waals surface area contributed by atoms with E-state index < -0.39 is 5.97 Å². The maximum absolute atomic E-state index is 12.9. The molecule has 0 bridgehead atoms. The van der Waals surface area contributed by atoms with Gasteiger partial charge in [0.15, 0.2) is 0 Å². The van der Waals surface area contributed by atoms with Crippen LogP contribution in [-0.2, 0) is 11.4 Å². The van der Waals surface area contributed by atoms with E-state index in [1.807, 2.05) is 47.5 Å². The van der Waals surface area contributed by atoms with Gasteiger partial charge in [0.2, 0.25) is 0 Å². The Morgan fingerprint density at radius 2 is 1.87 bits per heavy atom. The van der Waals surface area contributed by atoms with Gasteiger partial charge in [-0.3, -0.25) is 9.59 Å². The van der Waals surface area contributed by atoms with E-state index in [4.69, 9.17) is 9.72 Å². The summed E-state index contributed by atoms with van der Waals surface area (Å²) in [5, 5.41) is 21.8. The second-order valence-electron chi connectivity index (χ2n) is 10.6. The van der Waals surface area contributed by atoms with Crippen LogP contribution in [0, 0.1) is 24.2 Å². The summed E-state index contributed by atoms with van der Waals surface area (Å²) in [6.07, 6.45) is 6.31. The molecule has 39 heavy (non-hydrogen) atoms. The Labute approximate surface area is 233 Å². The molecule has 1 saturated heterocycles. The minimum absolute atomic E-state index is 0.0930. The van der Waals surface area contributed by atoms with Gasteiger partial charge in [-0.05, 0) is 93.3 Å². The molecule has 0 spiro atoms. The number of nitrogens with zero attached hydrogens (tertiary/aromatic N) is 3. The fourth-order valence-electron chi connectivity index (χ4n) is 5.54. The number of hydrogen-bond acceptors (Lipinski definition) is 6. The predicted octanol–water partition coefficient (Wildman–Crippen LogP) is 6.55. The molecule has 3 aromatic rings. The first-order chi connectivity index (χ1) is 18.9. The van der Waals surface area contributed by atoms with Gasteiger partial charge in [-0.2, -0.15) is 5.26 Å². The van der Waals surface area contributed by atoms with Crippen molar-refractivity contribution in [1.29, 1.82) is 5.26 Å². The quantitative estimate of drug-likeness (QED) is 0.362. The van der Waals surface area contributed by atoms with Crippen molar-refractivity contribution >= 4 is 23.2 Å². The van der Waals surface area contributed by atoms with Crippen LogP contribution in [-0.4, -0.2) is 40.0 Å². The number of rotatable bonds is 7. The van der Waals surface area contributed by atoms with Gasteiger partial charge >= 0.3 is 5.97 Å². The average molecular weight is 544 g/mol. The number of carbonyl (C=O) groups is 2. The number of carboxylic acid groups (broad SMARTS) is 1. The van der Waals surface area contributed by atoms with E-state index in [2.05, 4.69) is 6.07 Å². The number of aromatic nitrogens is 1. The van der Waals surface area contributed by atoms with Crippen LogP contribution in [0.2, 0.25) is 0 Å². The Kier molecular flexibility index (Phi) is 8.27. The van der Waals surface area contributed by atoms with Crippen LogP contribution in [0.1, 0.15) is 82.9 Å². The average Bonchev–Trinajstić information content (AvgIpc) is 3.47. The van der Waals surface area contributed by atoms with E-state index in [-0.39, 0.29) is 17.7 Å². The van der Waals surface area contributed by atoms with Crippen molar-refractivity contribution in [1.82, 2.24) is 9.88 Å². The molecule has 8 heteroatoms. The molecule has 1 aromatic heterocycles. The van der Waals surface area contributed by atoms with E-state index in [1.54, 1.807) is 17.4 Å². The molecule has 2 heterocycles. The van der Waals surface area contributed by atoms with E-state index in [1.165, 1.54) is 6.42 Å². The highest BCUT2D eigenvalue weighted by atomic mass is 32.1. The maximum Gasteiger partial charge on any atom is 0.306 e. The molecule has 0 radical (unpaired) electrons. The third-order valence-electron chi connectivity index (χ3n) is 7.95. The van der Waals surface area contributed by atoms with Gasteiger partial charge < -0.3 is 14.7 Å². The Morgan fingerprint density at radius 3 is 2.56 bits per heavy atom. The van der Waals surface area contributed by atoms with Crippen molar-refractivity contribution in [3.63, 3.8) is 0 Å². The summed E-state index contributed by atoms with van der Waals surface area (Å²) in [5.74, 6) is 0.0377. The number of ether oxygens (including phenoxy) is 1. The second-order valence-corrected chi connectivity index (χ2v) is 11.5. The number of thiazole rings is 1. The lowest BCUT2D eigenvalue weighted by atomic mass is 9.82. The number of carboxylic acids is 1. The van der Waals surface area contributed by atoms with E-state index >= 15 is 0 Å². The molecule has 2 aliphatic rings. The topological polar surface area (TPSA) is 104 Å². The number of hydrogen-bond donors (Lipinski definition) is 1. The van der Waals surface area contributed by atoms with E-state index in [0.29, 0.717) is 36.3 Å². The lowest BCUT2D eigenvalue weighted by Crippen LogP contribution is -2.35. The summed E-state index contributed by atoms with van der Waals surface area (Å²) >= 11 is 1.58. The first-order valence-electron chi connectivity index (χ1n) is 13.7. The first-order valence-corrected chi connectivity index (χ1v) is 14.5. The van der Waals surface area contributed by atoms with Crippen molar-refractivity contribution < 1.29 is 19.4 Å². The second kappa shape index (κ2) is 12.0. The monoisotopic (exact) mass is 543 g/mol. The van der Waals surface area contributed by atoms with Crippen molar-refractivity contribution in [3.8, 4) is 23.1 Å². The zero-order valence-electron chi connectivity index (χ0n) is 22.2. The van der Waals surface area contributed by atoms with Crippen molar-refractivity contribution in [2.45, 2.75) is 64.4 Å². The molecule has 2 fully saturated rings. The van der Waals surface area contributed by atoms with Gasteiger partial charge in [-0.1, -0.05) is 6.07 Å². The van der Waals surface area contributed by atoms with E-state index in [0.717, 1.165) is 66.2 Å². The summed E-state index contributed by atoms with van der Waals surface area (Å²) in [5.41, 5.74) is 4.78. The smallest absolute Gasteiger partial charge is 0.306 e. The zero-order chi connectivity index (χ0) is 27.4.